The Morgan fingerprint density at radius 1 is 1.22 bits per heavy atom. The maximum atomic E-state index is 12.6. The molecule has 0 amide bonds. The summed E-state index contributed by atoms with van der Waals surface area (Å²) in [5.74, 6) is 0.338. The molecule has 2 aromatic heterocycles. The minimum absolute atomic E-state index is 0.279. The largest absolute Gasteiger partial charge is 0.332 e. The third-order valence-corrected chi connectivity index (χ3v) is 4.24. The smallest absolute Gasteiger partial charge is 0.299 e. The lowest BCUT2D eigenvalue weighted by molar-refractivity contribution is 0.703. The third kappa shape index (κ3) is 3.70. The van der Waals surface area contributed by atoms with Gasteiger partial charge in [0.25, 0.3) is 5.56 Å². The highest BCUT2D eigenvalue weighted by Gasteiger charge is 2.18. The molecule has 1 N–H and O–H groups in total. The van der Waals surface area contributed by atoms with Crippen LogP contribution in [0.2, 0.25) is 0 Å². The first-order valence-electron chi connectivity index (χ1n) is 8.22. The van der Waals surface area contributed by atoms with Gasteiger partial charge in [0.1, 0.15) is 0 Å². The highest BCUT2D eigenvalue weighted by Crippen LogP contribution is 2.16. The van der Waals surface area contributed by atoms with Crippen LogP contribution in [0.15, 0.2) is 56.1 Å². The highest BCUT2D eigenvalue weighted by atomic mass is 35.5. The summed E-state index contributed by atoms with van der Waals surface area (Å²) in [4.78, 5) is 29.2. The SMILES string of the molecule is C/C(Cl)=C/Cn1c(N/N=C\c2ccccc2)nc2c1c(=O)n(C)c(=O)n2C. The molecule has 0 aliphatic carbocycles. The standard InChI is InChI=1S/C18H19ClN6O2/c1-12(19)9-10-25-14-15(23(2)18(27)24(3)16(14)26)21-17(25)22-20-11-13-7-5-4-6-8-13/h4-9,11H,10H2,1-3H3,(H,21,22)/b12-9-,20-11-. The number of halogens is 1. The van der Waals surface area contributed by atoms with Crippen molar-refractivity contribution < 1.29 is 0 Å². The van der Waals surface area contributed by atoms with Crippen molar-refractivity contribution in [2.75, 3.05) is 5.43 Å². The van der Waals surface area contributed by atoms with E-state index in [1.807, 2.05) is 30.3 Å². The molecule has 3 rings (SSSR count). The molecule has 0 radical (unpaired) electrons. The lowest BCUT2D eigenvalue weighted by Gasteiger charge is -2.06. The van der Waals surface area contributed by atoms with Gasteiger partial charge in [0.15, 0.2) is 11.2 Å². The Kier molecular flexibility index (Phi) is 5.27. The average Bonchev–Trinajstić information content (AvgIpc) is 3.02. The van der Waals surface area contributed by atoms with Gasteiger partial charge >= 0.3 is 5.69 Å². The second-order valence-electron chi connectivity index (χ2n) is 6.00. The van der Waals surface area contributed by atoms with Crippen molar-refractivity contribution in [3.63, 3.8) is 0 Å². The molecule has 0 unspecified atom stereocenters. The van der Waals surface area contributed by atoms with E-state index in [0.29, 0.717) is 23.0 Å². The molecule has 0 aliphatic heterocycles. The van der Waals surface area contributed by atoms with Gasteiger partial charge in [-0.1, -0.05) is 48.0 Å². The molecular weight excluding hydrogens is 368 g/mol. The number of hydrogen-bond acceptors (Lipinski definition) is 5. The number of allylic oxidation sites excluding steroid dienone is 2. The lowest BCUT2D eigenvalue weighted by atomic mass is 10.2. The summed E-state index contributed by atoms with van der Waals surface area (Å²) in [6.07, 6.45) is 3.39. The van der Waals surface area contributed by atoms with E-state index in [4.69, 9.17) is 11.6 Å². The van der Waals surface area contributed by atoms with Gasteiger partial charge in [-0.25, -0.2) is 10.2 Å². The van der Waals surface area contributed by atoms with Crippen LogP contribution in [-0.2, 0) is 20.6 Å². The summed E-state index contributed by atoms with van der Waals surface area (Å²) in [7, 11) is 3.01. The van der Waals surface area contributed by atoms with Crippen molar-refractivity contribution in [3.05, 3.63) is 67.8 Å². The van der Waals surface area contributed by atoms with Gasteiger partial charge in [0.05, 0.1) is 6.21 Å². The maximum Gasteiger partial charge on any atom is 0.332 e. The number of nitrogens with one attached hydrogen (secondary N) is 1. The first-order chi connectivity index (χ1) is 12.9. The number of aryl methyl sites for hydroxylation is 1. The van der Waals surface area contributed by atoms with Crippen molar-refractivity contribution in [2.24, 2.45) is 19.2 Å². The molecule has 0 aliphatic rings. The second kappa shape index (κ2) is 7.63. The molecule has 0 saturated heterocycles. The molecule has 0 saturated carbocycles. The number of nitrogens with zero attached hydrogens (tertiary/aromatic N) is 5. The van der Waals surface area contributed by atoms with Crippen LogP contribution in [0.4, 0.5) is 5.95 Å². The van der Waals surface area contributed by atoms with Crippen LogP contribution < -0.4 is 16.7 Å². The minimum atomic E-state index is -0.444. The third-order valence-electron chi connectivity index (χ3n) is 4.08. The summed E-state index contributed by atoms with van der Waals surface area (Å²) in [6, 6.07) is 9.55. The fourth-order valence-corrected chi connectivity index (χ4v) is 2.70. The second-order valence-corrected chi connectivity index (χ2v) is 6.59. The van der Waals surface area contributed by atoms with E-state index in [2.05, 4.69) is 15.5 Å². The van der Waals surface area contributed by atoms with E-state index >= 15 is 0 Å². The number of imidazole rings is 1. The van der Waals surface area contributed by atoms with Crippen molar-refractivity contribution in [3.8, 4) is 0 Å². The number of benzene rings is 1. The monoisotopic (exact) mass is 386 g/mol. The zero-order chi connectivity index (χ0) is 19.6. The number of fused-ring (bicyclic) bond motifs is 1. The molecule has 27 heavy (non-hydrogen) atoms. The van der Waals surface area contributed by atoms with E-state index in [0.717, 1.165) is 10.1 Å². The average molecular weight is 387 g/mol. The molecule has 1 aromatic carbocycles. The predicted octanol–water partition coefficient (Wildman–Crippen LogP) is 2.02. The zero-order valence-electron chi connectivity index (χ0n) is 15.2. The quantitative estimate of drug-likeness (QED) is 0.537. The van der Waals surface area contributed by atoms with E-state index in [1.54, 1.807) is 30.8 Å². The molecule has 140 valence electrons. The molecule has 0 spiro atoms. The summed E-state index contributed by atoms with van der Waals surface area (Å²) in [5, 5.41) is 4.77. The van der Waals surface area contributed by atoms with E-state index in [1.165, 1.54) is 11.6 Å². The van der Waals surface area contributed by atoms with Crippen molar-refractivity contribution in [1.29, 1.82) is 0 Å². The topological polar surface area (TPSA) is 86.2 Å². The van der Waals surface area contributed by atoms with Gasteiger partial charge in [-0.2, -0.15) is 10.1 Å². The minimum Gasteiger partial charge on any atom is -0.299 e. The molecule has 0 fully saturated rings. The molecule has 2 heterocycles. The Balaban J connectivity index is 2.12. The van der Waals surface area contributed by atoms with E-state index < -0.39 is 11.2 Å². The first kappa shape index (κ1) is 18.7. The van der Waals surface area contributed by atoms with Gasteiger partial charge in [0, 0.05) is 25.7 Å². The summed E-state index contributed by atoms with van der Waals surface area (Å²) < 4.78 is 4.02. The molecule has 3 aromatic rings. The van der Waals surface area contributed by atoms with Gasteiger partial charge < -0.3 is 0 Å². The number of aromatic nitrogens is 4. The summed E-state index contributed by atoms with van der Waals surface area (Å²) in [6.45, 7) is 2.05. The van der Waals surface area contributed by atoms with Crippen LogP contribution in [-0.4, -0.2) is 24.9 Å². The Bertz CT molecular complexity index is 1150. The Hall–Kier alpha value is -3.13. The highest BCUT2D eigenvalue weighted by molar-refractivity contribution is 6.29. The van der Waals surface area contributed by atoms with E-state index in [-0.39, 0.29) is 5.65 Å². The molecule has 8 nitrogen and oxygen atoms in total. The fourth-order valence-electron chi connectivity index (χ4n) is 2.63. The number of anilines is 1. The summed E-state index contributed by atoms with van der Waals surface area (Å²) >= 11 is 5.95. The Labute approximate surface area is 160 Å². The van der Waals surface area contributed by atoms with Crippen LogP contribution in [0.1, 0.15) is 12.5 Å². The van der Waals surface area contributed by atoms with Gasteiger partial charge in [-0.3, -0.25) is 18.5 Å². The molecular formula is C18H19ClN6O2. The molecule has 0 bridgehead atoms. The van der Waals surface area contributed by atoms with Crippen molar-refractivity contribution in [1.82, 2.24) is 18.7 Å². The van der Waals surface area contributed by atoms with Crippen LogP contribution in [0.5, 0.6) is 0 Å². The van der Waals surface area contributed by atoms with Crippen LogP contribution in [0, 0.1) is 0 Å². The number of hydrazone groups is 1. The van der Waals surface area contributed by atoms with Crippen LogP contribution in [0.3, 0.4) is 0 Å². The maximum absolute atomic E-state index is 12.6. The number of rotatable bonds is 5. The van der Waals surface area contributed by atoms with Gasteiger partial charge in [-0.15, -0.1) is 0 Å². The first-order valence-corrected chi connectivity index (χ1v) is 8.60. The van der Waals surface area contributed by atoms with Gasteiger partial charge in [0.2, 0.25) is 5.95 Å². The van der Waals surface area contributed by atoms with Crippen LogP contribution in [0.25, 0.3) is 11.2 Å². The summed E-state index contributed by atoms with van der Waals surface area (Å²) in [5.41, 5.74) is 3.47. The normalized spacial score (nSPS) is 12.2. The van der Waals surface area contributed by atoms with Gasteiger partial charge in [-0.05, 0) is 12.5 Å². The zero-order valence-corrected chi connectivity index (χ0v) is 15.9. The molecule has 9 heteroatoms. The van der Waals surface area contributed by atoms with Crippen molar-refractivity contribution in [2.45, 2.75) is 13.5 Å². The lowest BCUT2D eigenvalue weighted by Crippen LogP contribution is -2.37. The van der Waals surface area contributed by atoms with E-state index in [9.17, 15) is 9.59 Å². The Morgan fingerprint density at radius 3 is 2.59 bits per heavy atom. The number of hydrogen-bond donors (Lipinski definition) is 1. The predicted molar refractivity (Wildman–Crippen MR) is 107 cm³/mol. The van der Waals surface area contributed by atoms with Crippen molar-refractivity contribution >= 4 is 34.9 Å². The molecule has 0 atom stereocenters. The van der Waals surface area contributed by atoms with Crippen LogP contribution >= 0.6 is 11.6 Å². The fraction of sp³-hybridized carbons (Fsp3) is 0.222. The Morgan fingerprint density at radius 2 is 1.93 bits per heavy atom.